The quantitative estimate of drug-likeness (QED) is 0.448. The number of aliphatic hydroxyl groups is 1. The average Bonchev–Trinajstić information content (AvgIpc) is 3.46. The van der Waals surface area contributed by atoms with Gasteiger partial charge in [0.15, 0.2) is 6.23 Å². The fourth-order valence-electron chi connectivity index (χ4n) is 6.92. The molecule has 1 saturated carbocycles. The molecule has 1 amide bonds. The zero-order valence-corrected chi connectivity index (χ0v) is 23.9. The number of hydrogen-bond acceptors (Lipinski definition) is 7. The minimum Gasteiger partial charge on any atom is -0.464 e. The second kappa shape index (κ2) is 10.9. The lowest BCUT2D eigenvalue weighted by atomic mass is 9.86. The molecule has 0 radical (unpaired) electrons. The van der Waals surface area contributed by atoms with Gasteiger partial charge >= 0.3 is 0 Å². The number of methoxy groups -OCH3 is 1. The Labute approximate surface area is 241 Å². The minimum absolute atomic E-state index is 0.252. The molecule has 1 spiro atoms. The van der Waals surface area contributed by atoms with Crippen LogP contribution >= 0.6 is 0 Å². The molecule has 7 rings (SSSR count). The van der Waals surface area contributed by atoms with Gasteiger partial charge in [-0.3, -0.25) is 9.79 Å². The number of nitrogens with zero attached hydrogens (tertiary/aromatic N) is 4. The Morgan fingerprint density at radius 3 is 2.54 bits per heavy atom. The summed E-state index contributed by atoms with van der Waals surface area (Å²) in [6.45, 7) is 5.73. The SMILES string of the molecule is COCCN1CCC2(CC1)N=C(c1ccc(-c3ccc4occc4c3)cc1)N(C[C@@H]1CCN(C(=O)C3CC3)C1)C2O. The van der Waals surface area contributed by atoms with Gasteiger partial charge < -0.3 is 29.0 Å². The highest BCUT2D eigenvalue weighted by atomic mass is 16.5. The van der Waals surface area contributed by atoms with Crippen molar-refractivity contribution in [2.24, 2.45) is 16.8 Å². The van der Waals surface area contributed by atoms with Crippen molar-refractivity contribution in [3.05, 3.63) is 60.4 Å². The smallest absolute Gasteiger partial charge is 0.225 e. The molecule has 1 aromatic heterocycles. The highest BCUT2D eigenvalue weighted by molar-refractivity contribution is 6.01. The first kappa shape index (κ1) is 26.7. The van der Waals surface area contributed by atoms with Crippen molar-refractivity contribution in [1.29, 1.82) is 0 Å². The van der Waals surface area contributed by atoms with E-state index < -0.39 is 11.8 Å². The second-order valence-electron chi connectivity index (χ2n) is 12.4. The highest BCUT2D eigenvalue weighted by Gasteiger charge is 2.50. The van der Waals surface area contributed by atoms with E-state index in [4.69, 9.17) is 14.1 Å². The molecule has 8 heteroatoms. The maximum atomic E-state index is 12.7. The first-order chi connectivity index (χ1) is 20.0. The monoisotopic (exact) mass is 556 g/mol. The maximum Gasteiger partial charge on any atom is 0.225 e. The first-order valence-corrected chi connectivity index (χ1v) is 15.2. The third kappa shape index (κ3) is 5.17. The Morgan fingerprint density at radius 1 is 1.02 bits per heavy atom. The Kier molecular flexibility index (Phi) is 7.09. The van der Waals surface area contributed by atoms with Crippen LogP contribution in [0.1, 0.15) is 37.7 Å². The van der Waals surface area contributed by atoms with Crippen molar-refractivity contribution in [2.45, 2.75) is 43.9 Å². The Morgan fingerprint density at radius 2 is 1.78 bits per heavy atom. The summed E-state index contributed by atoms with van der Waals surface area (Å²) >= 11 is 0. The lowest BCUT2D eigenvalue weighted by Gasteiger charge is -2.41. The average molecular weight is 557 g/mol. The number of benzene rings is 2. The van der Waals surface area contributed by atoms with E-state index in [0.29, 0.717) is 25.0 Å². The maximum absolute atomic E-state index is 12.7. The van der Waals surface area contributed by atoms with Crippen LogP contribution in [0, 0.1) is 11.8 Å². The third-order valence-corrected chi connectivity index (χ3v) is 9.62. The molecule has 0 bridgehead atoms. The summed E-state index contributed by atoms with van der Waals surface area (Å²) in [6.07, 6.45) is 5.74. The van der Waals surface area contributed by atoms with Crippen LogP contribution in [0.3, 0.4) is 0 Å². The molecule has 3 aromatic rings. The Hall–Kier alpha value is -3.20. The number of carbonyl (C=O) groups is 1. The topological polar surface area (TPSA) is 81.8 Å². The summed E-state index contributed by atoms with van der Waals surface area (Å²) in [5.74, 6) is 1.79. The van der Waals surface area contributed by atoms with E-state index in [9.17, 15) is 9.90 Å². The standard InChI is InChI=1S/C33H40N4O4/c1-40-19-17-35-15-12-33(13-16-35)32(39)37(22-23-10-14-36(21-23)31(38)26-6-7-26)30(34-33)25-4-2-24(3-5-25)27-8-9-29-28(20-27)11-18-41-29/h2-5,8-9,11,18,20,23,26,32,39H,6-7,10,12-17,19,21-22H2,1H3/t23-,32?/m1/s1. The number of ether oxygens (including phenoxy) is 1. The first-order valence-electron chi connectivity index (χ1n) is 15.2. The fraction of sp³-hybridized carbons (Fsp3) is 0.515. The molecule has 4 aliphatic rings. The minimum atomic E-state index is -0.668. The largest absolute Gasteiger partial charge is 0.464 e. The second-order valence-corrected chi connectivity index (χ2v) is 12.4. The highest BCUT2D eigenvalue weighted by Crippen LogP contribution is 2.40. The number of aliphatic imine (C=N–C) groups is 1. The predicted molar refractivity (Wildman–Crippen MR) is 159 cm³/mol. The van der Waals surface area contributed by atoms with Gasteiger partial charge in [0.05, 0.1) is 12.9 Å². The van der Waals surface area contributed by atoms with Crippen LogP contribution in [0.15, 0.2) is 64.2 Å². The van der Waals surface area contributed by atoms with Crippen LogP contribution < -0.4 is 0 Å². The molecule has 3 fully saturated rings. The number of amidine groups is 1. The molecule has 216 valence electrons. The number of carbonyl (C=O) groups excluding carboxylic acids is 1. The molecule has 3 aliphatic heterocycles. The summed E-state index contributed by atoms with van der Waals surface area (Å²) in [7, 11) is 1.74. The summed E-state index contributed by atoms with van der Waals surface area (Å²) in [5, 5.41) is 13.0. The van der Waals surface area contributed by atoms with Crippen molar-refractivity contribution in [3.8, 4) is 11.1 Å². The molecule has 1 unspecified atom stereocenters. The number of aliphatic hydroxyl groups excluding tert-OH is 1. The van der Waals surface area contributed by atoms with E-state index in [1.807, 2.05) is 12.1 Å². The molecule has 1 N–H and O–H groups in total. The third-order valence-electron chi connectivity index (χ3n) is 9.62. The molecular weight excluding hydrogens is 516 g/mol. The number of hydrogen-bond donors (Lipinski definition) is 1. The van der Waals surface area contributed by atoms with E-state index in [-0.39, 0.29) is 5.92 Å². The van der Waals surface area contributed by atoms with Gasteiger partial charge in [0.1, 0.15) is 17.0 Å². The summed E-state index contributed by atoms with van der Waals surface area (Å²) in [5.41, 5.74) is 3.68. The van der Waals surface area contributed by atoms with E-state index >= 15 is 0 Å². The van der Waals surface area contributed by atoms with Crippen molar-refractivity contribution in [2.75, 3.05) is 53.0 Å². The molecule has 1 aliphatic carbocycles. The van der Waals surface area contributed by atoms with Gasteiger partial charge in [-0.25, -0.2) is 0 Å². The van der Waals surface area contributed by atoms with Gasteiger partial charge in [-0.1, -0.05) is 30.3 Å². The molecule has 8 nitrogen and oxygen atoms in total. The number of piperidine rings is 1. The summed E-state index contributed by atoms with van der Waals surface area (Å²) in [4.78, 5) is 24.7. The Bertz CT molecular complexity index is 1420. The lowest BCUT2D eigenvalue weighted by Crippen LogP contribution is -2.54. The van der Waals surface area contributed by atoms with Gasteiger partial charge in [-0.05, 0) is 67.3 Å². The molecule has 2 saturated heterocycles. The van der Waals surface area contributed by atoms with Crippen molar-refractivity contribution in [3.63, 3.8) is 0 Å². The Balaban J connectivity index is 1.13. The summed E-state index contributed by atoms with van der Waals surface area (Å²) in [6, 6.07) is 16.8. The van der Waals surface area contributed by atoms with Crippen molar-refractivity contribution < 1.29 is 19.1 Å². The zero-order chi connectivity index (χ0) is 28.0. The molecular formula is C33H40N4O4. The van der Waals surface area contributed by atoms with Crippen LogP contribution in [-0.2, 0) is 9.53 Å². The number of likely N-dealkylation sites (tertiary alicyclic amines) is 2. The van der Waals surface area contributed by atoms with Crippen LogP contribution in [0.5, 0.6) is 0 Å². The van der Waals surface area contributed by atoms with Crippen molar-refractivity contribution in [1.82, 2.24) is 14.7 Å². The number of furan rings is 1. The van der Waals surface area contributed by atoms with Crippen molar-refractivity contribution >= 4 is 22.7 Å². The van der Waals surface area contributed by atoms with Crippen LogP contribution in [0.4, 0.5) is 0 Å². The van der Waals surface area contributed by atoms with Crippen LogP contribution in [-0.4, -0.2) is 96.3 Å². The zero-order valence-electron chi connectivity index (χ0n) is 23.9. The lowest BCUT2D eigenvalue weighted by molar-refractivity contribution is -0.131. The van der Waals surface area contributed by atoms with Gasteiger partial charge in [0.2, 0.25) is 5.91 Å². The van der Waals surface area contributed by atoms with E-state index in [0.717, 1.165) is 98.3 Å². The summed E-state index contributed by atoms with van der Waals surface area (Å²) < 4.78 is 10.8. The molecule has 41 heavy (non-hydrogen) atoms. The van der Waals surface area contributed by atoms with E-state index in [1.165, 1.54) is 0 Å². The van der Waals surface area contributed by atoms with E-state index in [1.54, 1.807) is 13.4 Å². The number of fused-ring (bicyclic) bond motifs is 1. The molecule has 2 atom stereocenters. The van der Waals surface area contributed by atoms with Gasteiger partial charge in [-0.2, -0.15) is 0 Å². The van der Waals surface area contributed by atoms with Crippen LogP contribution in [0.25, 0.3) is 22.1 Å². The van der Waals surface area contributed by atoms with Gasteiger partial charge in [-0.15, -0.1) is 0 Å². The number of amides is 1. The number of rotatable bonds is 8. The predicted octanol–water partition coefficient (Wildman–Crippen LogP) is 4.22. The van der Waals surface area contributed by atoms with Crippen LogP contribution in [0.2, 0.25) is 0 Å². The molecule has 4 heterocycles. The van der Waals surface area contributed by atoms with Gasteiger partial charge in [0, 0.05) is 63.2 Å². The molecule has 2 aromatic carbocycles. The normalized spacial score (nSPS) is 24.5. The fourth-order valence-corrected chi connectivity index (χ4v) is 6.92. The van der Waals surface area contributed by atoms with E-state index in [2.05, 4.69) is 51.1 Å². The van der Waals surface area contributed by atoms with Gasteiger partial charge in [0.25, 0.3) is 0 Å².